The van der Waals surface area contributed by atoms with Crippen LogP contribution in [-0.4, -0.2) is 73.5 Å². The predicted octanol–water partition coefficient (Wildman–Crippen LogP) is 1.77. The van der Waals surface area contributed by atoms with Gasteiger partial charge in [0.25, 0.3) is 10.2 Å². The first-order valence-corrected chi connectivity index (χ1v) is 11.2. The quantitative estimate of drug-likeness (QED) is 0.791. The molecule has 2 fully saturated rings. The van der Waals surface area contributed by atoms with Crippen molar-refractivity contribution in [3.63, 3.8) is 0 Å². The fourth-order valence-electron chi connectivity index (χ4n) is 3.59. The molecule has 0 aliphatic carbocycles. The highest BCUT2D eigenvalue weighted by molar-refractivity contribution is 7.86. The Morgan fingerprint density at radius 3 is 2.35 bits per heavy atom. The van der Waals surface area contributed by atoms with Crippen LogP contribution in [0.2, 0.25) is 0 Å². The van der Waals surface area contributed by atoms with Gasteiger partial charge in [-0.1, -0.05) is 23.5 Å². The number of thiazole rings is 1. The molecule has 0 radical (unpaired) electrons. The summed E-state index contributed by atoms with van der Waals surface area (Å²) in [7, 11) is -3.44. The van der Waals surface area contributed by atoms with Crippen LogP contribution in [0.25, 0.3) is 10.2 Å². The van der Waals surface area contributed by atoms with Gasteiger partial charge >= 0.3 is 0 Å². The lowest BCUT2D eigenvalue weighted by atomic mass is 10.3. The fraction of sp³-hybridized carbons (Fsp3) is 0.588. The van der Waals surface area contributed by atoms with Gasteiger partial charge in [-0.3, -0.25) is 0 Å². The number of ether oxygens (including phenoxy) is 1. The SMILES string of the molecule is CC1CN(S(=O)(=O)N2CCN(c3nc4ccccc4s3)CC2)CC(C)O1. The second-order valence-corrected chi connectivity index (χ2v) is 9.87. The van der Waals surface area contributed by atoms with Gasteiger partial charge in [0.05, 0.1) is 22.4 Å². The molecule has 1 aromatic heterocycles. The Bertz CT molecular complexity index is 834. The first-order chi connectivity index (χ1) is 12.4. The van der Waals surface area contributed by atoms with Crippen LogP contribution in [0.4, 0.5) is 5.13 Å². The number of fused-ring (bicyclic) bond motifs is 1. The van der Waals surface area contributed by atoms with Crippen LogP contribution in [0.15, 0.2) is 24.3 Å². The molecular weight excluding hydrogens is 372 g/mol. The summed E-state index contributed by atoms with van der Waals surface area (Å²) in [5, 5.41) is 0.969. The number of rotatable bonds is 3. The number of morpholine rings is 1. The third-order valence-electron chi connectivity index (χ3n) is 4.83. The first-order valence-electron chi connectivity index (χ1n) is 8.94. The topological polar surface area (TPSA) is 66.0 Å². The zero-order chi connectivity index (χ0) is 18.3. The molecule has 0 amide bonds. The lowest BCUT2D eigenvalue weighted by Crippen LogP contribution is -2.57. The molecular formula is C17H24N4O3S2. The Hall–Kier alpha value is -1.26. The van der Waals surface area contributed by atoms with E-state index in [4.69, 9.17) is 4.74 Å². The van der Waals surface area contributed by atoms with E-state index in [9.17, 15) is 8.42 Å². The van der Waals surface area contributed by atoms with Gasteiger partial charge in [-0.05, 0) is 26.0 Å². The van der Waals surface area contributed by atoms with Crippen molar-refractivity contribution in [3.8, 4) is 0 Å². The summed E-state index contributed by atoms with van der Waals surface area (Å²) in [4.78, 5) is 6.86. The van der Waals surface area contributed by atoms with E-state index < -0.39 is 10.2 Å². The highest BCUT2D eigenvalue weighted by atomic mass is 32.2. The van der Waals surface area contributed by atoms with E-state index >= 15 is 0 Å². The molecule has 2 aromatic rings. The van der Waals surface area contributed by atoms with Gasteiger partial charge in [-0.15, -0.1) is 0 Å². The molecule has 0 spiro atoms. The molecule has 26 heavy (non-hydrogen) atoms. The van der Waals surface area contributed by atoms with E-state index in [1.807, 2.05) is 32.0 Å². The summed E-state index contributed by atoms with van der Waals surface area (Å²) in [5.74, 6) is 0. The van der Waals surface area contributed by atoms with Crippen LogP contribution >= 0.6 is 11.3 Å². The second-order valence-electron chi connectivity index (χ2n) is 6.93. The number of hydrogen-bond acceptors (Lipinski definition) is 6. The van der Waals surface area contributed by atoms with Gasteiger partial charge in [-0.2, -0.15) is 17.0 Å². The second kappa shape index (κ2) is 7.05. The highest BCUT2D eigenvalue weighted by Gasteiger charge is 2.37. The predicted molar refractivity (Wildman–Crippen MR) is 104 cm³/mol. The largest absolute Gasteiger partial charge is 0.373 e. The molecule has 3 heterocycles. The van der Waals surface area contributed by atoms with Gasteiger partial charge in [0.15, 0.2) is 5.13 Å². The van der Waals surface area contributed by atoms with Crippen LogP contribution in [0.1, 0.15) is 13.8 Å². The normalized spacial score (nSPS) is 26.5. The summed E-state index contributed by atoms with van der Waals surface area (Å²) < 4.78 is 36.0. The molecule has 142 valence electrons. The van der Waals surface area contributed by atoms with Gasteiger partial charge in [0.1, 0.15) is 0 Å². The molecule has 2 aliphatic heterocycles. The van der Waals surface area contributed by atoms with Crippen molar-refractivity contribution in [1.29, 1.82) is 0 Å². The van der Waals surface area contributed by atoms with Crippen molar-refractivity contribution >= 4 is 36.9 Å². The smallest absolute Gasteiger partial charge is 0.282 e. The summed E-state index contributed by atoms with van der Waals surface area (Å²) >= 11 is 1.66. The standard InChI is InChI=1S/C17H24N4O3S2/c1-13-11-21(12-14(2)24-13)26(22,23)20-9-7-19(8-10-20)17-18-15-5-3-4-6-16(15)25-17/h3-6,13-14H,7-12H2,1-2H3. The number of nitrogens with zero attached hydrogens (tertiary/aromatic N) is 4. The number of para-hydroxylation sites is 1. The fourth-order valence-corrected chi connectivity index (χ4v) is 6.35. The highest BCUT2D eigenvalue weighted by Crippen LogP contribution is 2.29. The maximum absolute atomic E-state index is 13.0. The van der Waals surface area contributed by atoms with Crippen molar-refractivity contribution in [2.24, 2.45) is 0 Å². The van der Waals surface area contributed by atoms with Crippen LogP contribution in [0, 0.1) is 0 Å². The molecule has 9 heteroatoms. The van der Waals surface area contributed by atoms with Gasteiger partial charge in [0, 0.05) is 39.3 Å². The van der Waals surface area contributed by atoms with Crippen LogP contribution in [-0.2, 0) is 14.9 Å². The Balaban J connectivity index is 1.44. The van der Waals surface area contributed by atoms with E-state index in [0.29, 0.717) is 39.3 Å². The lowest BCUT2D eigenvalue weighted by molar-refractivity contribution is -0.0455. The minimum absolute atomic E-state index is 0.0717. The Labute approximate surface area is 158 Å². The van der Waals surface area contributed by atoms with Crippen molar-refractivity contribution in [2.75, 3.05) is 44.2 Å². The molecule has 2 atom stereocenters. The monoisotopic (exact) mass is 396 g/mol. The van der Waals surface area contributed by atoms with Crippen LogP contribution in [0.5, 0.6) is 0 Å². The molecule has 0 saturated carbocycles. The zero-order valence-electron chi connectivity index (χ0n) is 15.0. The average molecular weight is 397 g/mol. The third-order valence-corrected chi connectivity index (χ3v) is 7.90. The van der Waals surface area contributed by atoms with E-state index in [1.54, 1.807) is 19.9 Å². The summed E-state index contributed by atoms with van der Waals surface area (Å²) in [5.41, 5.74) is 0.999. The van der Waals surface area contributed by atoms with Gasteiger partial charge in [-0.25, -0.2) is 4.98 Å². The summed E-state index contributed by atoms with van der Waals surface area (Å²) in [6, 6.07) is 8.08. The Morgan fingerprint density at radius 1 is 1.04 bits per heavy atom. The number of hydrogen-bond donors (Lipinski definition) is 0. The van der Waals surface area contributed by atoms with E-state index in [0.717, 1.165) is 15.3 Å². The van der Waals surface area contributed by atoms with Gasteiger partial charge in [0.2, 0.25) is 0 Å². The minimum Gasteiger partial charge on any atom is -0.373 e. The van der Waals surface area contributed by atoms with Crippen molar-refractivity contribution < 1.29 is 13.2 Å². The Morgan fingerprint density at radius 2 is 1.69 bits per heavy atom. The molecule has 0 bridgehead atoms. The molecule has 7 nitrogen and oxygen atoms in total. The summed E-state index contributed by atoms with van der Waals surface area (Å²) in [6.07, 6.45) is -0.143. The minimum atomic E-state index is -3.44. The average Bonchev–Trinajstić information content (AvgIpc) is 3.05. The molecule has 0 N–H and O–H groups in total. The third kappa shape index (κ3) is 3.46. The van der Waals surface area contributed by atoms with Crippen molar-refractivity contribution in [3.05, 3.63) is 24.3 Å². The summed E-state index contributed by atoms with van der Waals surface area (Å²) in [6.45, 7) is 6.97. The van der Waals surface area contributed by atoms with Crippen molar-refractivity contribution in [2.45, 2.75) is 26.1 Å². The number of piperazine rings is 1. The van der Waals surface area contributed by atoms with Gasteiger partial charge < -0.3 is 9.64 Å². The number of aromatic nitrogens is 1. The Kier molecular flexibility index (Phi) is 4.91. The van der Waals surface area contributed by atoms with Crippen LogP contribution < -0.4 is 4.90 Å². The molecule has 4 rings (SSSR count). The molecule has 2 saturated heterocycles. The van der Waals surface area contributed by atoms with Crippen molar-refractivity contribution in [1.82, 2.24) is 13.6 Å². The maximum Gasteiger partial charge on any atom is 0.282 e. The zero-order valence-corrected chi connectivity index (χ0v) is 16.7. The maximum atomic E-state index is 13.0. The van der Waals surface area contributed by atoms with Crippen LogP contribution in [0.3, 0.4) is 0 Å². The van der Waals surface area contributed by atoms with E-state index in [2.05, 4.69) is 16.0 Å². The number of benzene rings is 1. The molecule has 2 unspecified atom stereocenters. The molecule has 1 aromatic carbocycles. The lowest BCUT2D eigenvalue weighted by Gasteiger charge is -2.40. The number of anilines is 1. The molecule has 2 aliphatic rings. The van der Waals surface area contributed by atoms with E-state index in [-0.39, 0.29) is 12.2 Å². The first kappa shape index (κ1) is 18.1. The van der Waals surface area contributed by atoms with E-state index in [1.165, 1.54) is 0 Å².